The molecule has 0 heterocycles. The summed E-state index contributed by atoms with van der Waals surface area (Å²) in [6.07, 6.45) is 2.20. The van der Waals surface area contributed by atoms with E-state index in [1.54, 1.807) is 0 Å². The molecule has 0 nitrogen and oxygen atoms in total. The summed E-state index contributed by atoms with van der Waals surface area (Å²) in [5.74, 6) is 0. The second-order valence-electron chi connectivity index (χ2n) is 3.41. The normalized spacial score (nSPS) is 9.79. The van der Waals surface area contributed by atoms with Crippen LogP contribution < -0.4 is 0 Å². The molecule has 0 fully saturated rings. The lowest BCUT2D eigenvalue weighted by atomic mass is 10.0. The molecule has 0 amide bonds. The van der Waals surface area contributed by atoms with Gasteiger partial charge in [-0.2, -0.15) is 0 Å². The Hall–Kier alpha value is -1.69. The molecular weight excluding hydrogens is 168 g/mol. The maximum atomic E-state index is 2.20. The first-order chi connectivity index (χ1) is 6.86. The molecule has 0 bridgehead atoms. The highest BCUT2D eigenvalue weighted by Gasteiger charge is 2.04. The monoisotopic (exact) mass is 181 g/mol. The van der Waals surface area contributed by atoms with Gasteiger partial charge < -0.3 is 0 Å². The summed E-state index contributed by atoms with van der Waals surface area (Å²) < 4.78 is 0. The molecule has 2 aromatic rings. The highest BCUT2D eigenvalue weighted by atomic mass is 14.0. The Kier molecular flexibility index (Phi) is 2.55. The minimum absolute atomic E-state index is 1.25. The summed E-state index contributed by atoms with van der Waals surface area (Å²) in [6, 6.07) is 18.8. The molecule has 0 radical (unpaired) electrons. The van der Waals surface area contributed by atoms with Crippen molar-refractivity contribution >= 4 is 0 Å². The third-order valence-corrected chi connectivity index (χ3v) is 2.31. The molecule has 0 atom stereocenters. The van der Waals surface area contributed by atoms with Crippen LogP contribution in [0.5, 0.6) is 0 Å². The van der Waals surface area contributed by atoms with Crippen LogP contribution in [0.1, 0.15) is 16.7 Å². The van der Waals surface area contributed by atoms with Gasteiger partial charge >= 0.3 is 0 Å². The van der Waals surface area contributed by atoms with Gasteiger partial charge in [-0.1, -0.05) is 0 Å². The molecule has 0 saturated carbocycles. The van der Waals surface area contributed by atoms with Gasteiger partial charge in [0, 0.05) is 30.2 Å². The van der Waals surface area contributed by atoms with Crippen LogP contribution in [0.4, 0.5) is 0 Å². The SMILES string of the molecule is Cc1ccccc1[CH+]c1ccccc1. The van der Waals surface area contributed by atoms with Crippen molar-refractivity contribution in [3.63, 3.8) is 0 Å². The maximum Gasteiger partial charge on any atom is 0.0753 e. The Bertz CT molecular complexity index is 401. The van der Waals surface area contributed by atoms with Gasteiger partial charge in [0.2, 0.25) is 0 Å². The van der Waals surface area contributed by atoms with Crippen molar-refractivity contribution in [2.75, 3.05) is 0 Å². The zero-order valence-corrected chi connectivity index (χ0v) is 8.27. The van der Waals surface area contributed by atoms with Gasteiger partial charge in [-0.05, 0) is 43.3 Å². The van der Waals surface area contributed by atoms with Crippen molar-refractivity contribution in [3.05, 3.63) is 77.7 Å². The Morgan fingerprint density at radius 1 is 0.786 bits per heavy atom. The fourth-order valence-corrected chi connectivity index (χ4v) is 1.48. The number of aryl methyl sites for hydroxylation is 1. The first kappa shape index (κ1) is 8.89. The van der Waals surface area contributed by atoms with Gasteiger partial charge in [0.15, 0.2) is 0 Å². The zero-order valence-electron chi connectivity index (χ0n) is 8.27. The van der Waals surface area contributed by atoms with Crippen LogP contribution in [0, 0.1) is 13.3 Å². The van der Waals surface area contributed by atoms with Gasteiger partial charge in [0.25, 0.3) is 0 Å². The first-order valence-corrected chi connectivity index (χ1v) is 4.82. The van der Waals surface area contributed by atoms with Crippen molar-refractivity contribution < 1.29 is 0 Å². The van der Waals surface area contributed by atoms with Crippen LogP contribution in [0.3, 0.4) is 0 Å². The van der Waals surface area contributed by atoms with Crippen LogP contribution in [0.15, 0.2) is 54.6 Å². The van der Waals surface area contributed by atoms with E-state index in [9.17, 15) is 0 Å². The van der Waals surface area contributed by atoms with E-state index < -0.39 is 0 Å². The first-order valence-electron chi connectivity index (χ1n) is 4.82. The number of hydrogen-bond acceptors (Lipinski definition) is 0. The number of hydrogen-bond donors (Lipinski definition) is 0. The highest BCUT2D eigenvalue weighted by Crippen LogP contribution is 2.14. The van der Waals surface area contributed by atoms with E-state index in [4.69, 9.17) is 0 Å². The minimum atomic E-state index is 1.25. The Morgan fingerprint density at radius 2 is 1.43 bits per heavy atom. The predicted octanol–water partition coefficient (Wildman–Crippen LogP) is 3.60. The Morgan fingerprint density at radius 3 is 2.14 bits per heavy atom. The van der Waals surface area contributed by atoms with Gasteiger partial charge in [0.1, 0.15) is 0 Å². The molecule has 0 saturated heterocycles. The van der Waals surface area contributed by atoms with Gasteiger partial charge in [-0.25, -0.2) is 0 Å². The molecule has 2 rings (SSSR count). The molecule has 68 valence electrons. The topological polar surface area (TPSA) is 0 Å². The fraction of sp³-hybridized carbons (Fsp3) is 0.0714. The van der Waals surface area contributed by atoms with E-state index in [-0.39, 0.29) is 0 Å². The van der Waals surface area contributed by atoms with Crippen LogP contribution in [-0.2, 0) is 0 Å². The van der Waals surface area contributed by atoms with Gasteiger partial charge in [-0.15, -0.1) is 0 Å². The van der Waals surface area contributed by atoms with E-state index >= 15 is 0 Å². The molecule has 0 spiro atoms. The lowest BCUT2D eigenvalue weighted by molar-refractivity contribution is 1.34. The molecule has 0 N–H and O–H groups in total. The average Bonchev–Trinajstić information content (AvgIpc) is 2.23. The average molecular weight is 181 g/mol. The van der Waals surface area contributed by atoms with Crippen molar-refractivity contribution in [2.45, 2.75) is 6.92 Å². The predicted molar refractivity (Wildman–Crippen MR) is 60.1 cm³/mol. The summed E-state index contributed by atoms with van der Waals surface area (Å²) in [5.41, 5.74) is 3.86. The molecule has 0 aromatic heterocycles. The van der Waals surface area contributed by atoms with Crippen LogP contribution >= 0.6 is 0 Å². The van der Waals surface area contributed by atoms with Crippen molar-refractivity contribution in [1.29, 1.82) is 0 Å². The largest absolute Gasteiger partial charge is 0.0753 e. The van der Waals surface area contributed by atoms with Crippen molar-refractivity contribution in [1.82, 2.24) is 0 Å². The van der Waals surface area contributed by atoms with Crippen LogP contribution in [0.25, 0.3) is 0 Å². The molecule has 0 unspecified atom stereocenters. The van der Waals surface area contributed by atoms with Gasteiger partial charge in [-0.3, -0.25) is 0 Å². The molecule has 0 aliphatic heterocycles. The van der Waals surface area contributed by atoms with Crippen LogP contribution in [-0.4, -0.2) is 0 Å². The summed E-state index contributed by atoms with van der Waals surface area (Å²) in [5, 5.41) is 0. The maximum absolute atomic E-state index is 2.20. The van der Waals surface area contributed by atoms with E-state index in [1.165, 1.54) is 16.7 Å². The smallest absolute Gasteiger partial charge is 0.0465 e. The summed E-state index contributed by atoms with van der Waals surface area (Å²) in [4.78, 5) is 0. The lowest BCUT2D eigenvalue weighted by Crippen LogP contribution is -1.87. The van der Waals surface area contributed by atoms with E-state index in [2.05, 4.69) is 61.9 Å². The van der Waals surface area contributed by atoms with E-state index in [0.29, 0.717) is 0 Å². The highest BCUT2D eigenvalue weighted by molar-refractivity contribution is 5.40. The molecule has 0 aliphatic rings. The zero-order chi connectivity index (χ0) is 9.80. The lowest BCUT2D eigenvalue weighted by Gasteiger charge is -1.97. The van der Waals surface area contributed by atoms with E-state index in [1.807, 2.05) is 6.07 Å². The molecule has 14 heavy (non-hydrogen) atoms. The second-order valence-corrected chi connectivity index (χ2v) is 3.41. The molecular formula is C14H13+. The van der Waals surface area contributed by atoms with Gasteiger partial charge in [0.05, 0.1) is 11.1 Å². The number of rotatable bonds is 2. The Labute approximate surface area is 85.2 Å². The number of benzene rings is 2. The van der Waals surface area contributed by atoms with Crippen LogP contribution in [0.2, 0.25) is 0 Å². The van der Waals surface area contributed by atoms with E-state index in [0.717, 1.165) is 0 Å². The third-order valence-electron chi connectivity index (χ3n) is 2.31. The second kappa shape index (κ2) is 4.01. The van der Waals surface area contributed by atoms with Crippen molar-refractivity contribution in [3.8, 4) is 0 Å². The third kappa shape index (κ3) is 1.97. The molecule has 2 aromatic carbocycles. The molecule has 0 heteroatoms. The summed E-state index contributed by atoms with van der Waals surface area (Å²) >= 11 is 0. The fourth-order valence-electron chi connectivity index (χ4n) is 1.48. The molecule has 0 aliphatic carbocycles. The minimum Gasteiger partial charge on any atom is -0.0465 e. The Balaban J connectivity index is 2.24. The summed E-state index contributed by atoms with van der Waals surface area (Å²) in [6.45, 7) is 2.13. The quantitative estimate of drug-likeness (QED) is 0.621. The standard InChI is InChI=1S/C14H13/c1-12-7-5-6-10-14(12)11-13-8-3-2-4-9-13/h2-11H,1H3/q+1. The summed E-state index contributed by atoms with van der Waals surface area (Å²) in [7, 11) is 0. The van der Waals surface area contributed by atoms with Crippen molar-refractivity contribution in [2.24, 2.45) is 0 Å².